The maximum absolute atomic E-state index is 13.0. The van der Waals surface area contributed by atoms with Crippen LogP contribution in [-0.4, -0.2) is 30.8 Å². The Kier molecular flexibility index (Phi) is 3.49. The highest BCUT2D eigenvalue weighted by molar-refractivity contribution is 5.82. The van der Waals surface area contributed by atoms with E-state index in [2.05, 4.69) is 15.1 Å². The summed E-state index contributed by atoms with van der Waals surface area (Å²) in [7, 11) is 0. The Morgan fingerprint density at radius 3 is 2.56 bits per heavy atom. The second kappa shape index (κ2) is 5.70. The largest absolute Gasteiger partial charge is 0.494 e. The van der Waals surface area contributed by atoms with E-state index in [0.717, 1.165) is 11.4 Å². The summed E-state index contributed by atoms with van der Waals surface area (Å²) in [5, 5.41) is 4.87. The first-order valence-corrected chi connectivity index (χ1v) is 8.07. The zero-order chi connectivity index (χ0) is 17.6. The van der Waals surface area contributed by atoms with Crippen LogP contribution < -0.4 is 10.3 Å². The number of ether oxygens (including phenoxy) is 1. The molecule has 3 heterocycles. The third-order valence-electron chi connectivity index (χ3n) is 4.05. The van der Waals surface area contributed by atoms with Gasteiger partial charge in [0.15, 0.2) is 0 Å². The van der Waals surface area contributed by atoms with Gasteiger partial charge in [0.05, 0.1) is 23.2 Å². The number of aryl methyl sites for hydroxylation is 2. The van der Waals surface area contributed by atoms with Gasteiger partial charge in [-0.3, -0.25) is 9.36 Å². The van der Waals surface area contributed by atoms with Crippen molar-refractivity contribution in [1.82, 2.24) is 24.1 Å². The molecule has 0 spiro atoms. The van der Waals surface area contributed by atoms with Gasteiger partial charge in [-0.2, -0.15) is 9.50 Å². The van der Waals surface area contributed by atoms with Gasteiger partial charge < -0.3 is 4.74 Å². The Bertz CT molecular complexity index is 1140. The number of benzene rings is 1. The fraction of sp³-hybridized carbons (Fsp3) is 0.222. The van der Waals surface area contributed by atoms with Crippen molar-refractivity contribution in [1.29, 1.82) is 0 Å². The lowest BCUT2D eigenvalue weighted by molar-refractivity contribution is 0.340. The number of rotatable bonds is 3. The smallest absolute Gasteiger partial charge is 0.266 e. The molecule has 3 aromatic heterocycles. The van der Waals surface area contributed by atoms with Crippen LogP contribution in [0.4, 0.5) is 0 Å². The van der Waals surface area contributed by atoms with Gasteiger partial charge >= 0.3 is 0 Å². The Morgan fingerprint density at radius 1 is 1.08 bits per heavy atom. The van der Waals surface area contributed by atoms with Gasteiger partial charge in [-0.25, -0.2) is 4.98 Å². The molecule has 4 aromatic rings. The standard InChI is InChI=1S/C18H17N5O2/c1-4-25-14-7-5-13(6-8-14)22-10-9-15-16(17(22)24)11(2)19-18-20-12(3)21-23(15)18/h5-10H,4H2,1-3H3. The lowest BCUT2D eigenvalue weighted by Crippen LogP contribution is -2.20. The van der Waals surface area contributed by atoms with Gasteiger partial charge in [0.25, 0.3) is 11.3 Å². The van der Waals surface area contributed by atoms with Crippen LogP contribution in [0.2, 0.25) is 0 Å². The molecular formula is C18H17N5O2. The molecule has 0 radical (unpaired) electrons. The second-order valence-corrected chi connectivity index (χ2v) is 5.75. The summed E-state index contributed by atoms with van der Waals surface area (Å²) in [6, 6.07) is 9.29. The minimum absolute atomic E-state index is 0.137. The number of nitrogens with zero attached hydrogens (tertiary/aromatic N) is 5. The molecule has 126 valence electrons. The molecular weight excluding hydrogens is 318 g/mol. The topological polar surface area (TPSA) is 74.3 Å². The number of pyridine rings is 1. The Balaban J connectivity index is 1.94. The summed E-state index contributed by atoms with van der Waals surface area (Å²) in [5.41, 5.74) is 1.97. The van der Waals surface area contributed by atoms with Crippen molar-refractivity contribution in [2.24, 2.45) is 0 Å². The molecule has 0 unspecified atom stereocenters. The summed E-state index contributed by atoms with van der Waals surface area (Å²) in [4.78, 5) is 21.7. The molecule has 7 nitrogen and oxygen atoms in total. The predicted octanol–water partition coefficient (Wildman–Crippen LogP) is 2.44. The lowest BCUT2D eigenvalue weighted by atomic mass is 10.2. The van der Waals surface area contributed by atoms with E-state index in [1.807, 2.05) is 44.2 Å². The molecule has 0 bridgehead atoms. The van der Waals surface area contributed by atoms with Crippen LogP contribution in [0.5, 0.6) is 5.75 Å². The quantitative estimate of drug-likeness (QED) is 0.575. The maximum Gasteiger partial charge on any atom is 0.266 e. The molecule has 25 heavy (non-hydrogen) atoms. The molecule has 0 amide bonds. The summed E-state index contributed by atoms with van der Waals surface area (Å²) < 4.78 is 8.66. The summed E-state index contributed by atoms with van der Waals surface area (Å²) >= 11 is 0. The van der Waals surface area contributed by atoms with Gasteiger partial charge in [0.1, 0.15) is 11.6 Å². The van der Waals surface area contributed by atoms with Crippen LogP contribution in [0.3, 0.4) is 0 Å². The van der Waals surface area contributed by atoms with Crippen LogP contribution in [0, 0.1) is 13.8 Å². The molecule has 0 aliphatic rings. The fourth-order valence-corrected chi connectivity index (χ4v) is 2.96. The first-order valence-electron chi connectivity index (χ1n) is 8.07. The lowest BCUT2D eigenvalue weighted by Gasteiger charge is -2.10. The number of hydrogen-bond donors (Lipinski definition) is 0. The Morgan fingerprint density at radius 2 is 1.84 bits per heavy atom. The first kappa shape index (κ1) is 15.3. The van der Waals surface area contributed by atoms with E-state index in [1.54, 1.807) is 22.2 Å². The van der Waals surface area contributed by atoms with Crippen molar-refractivity contribution in [3.05, 3.63) is 58.4 Å². The Labute approximate surface area is 143 Å². The summed E-state index contributed by atoms with van der Waals surface area (Å²) in [5.74, 6) is 1.90. The van der Waals surface area contributed by atoms with E-state index >= 15 is 0 Å². The molecule has 0 aliphatic heterocycles. The van der Waals surface area contributed by atoms with Crippen LogP contribution in [-0.2, 0) is 0 Å². The number of fused-ring (bicyclic) bond motifs is 3. The molecule has 4 rings (SSSR count). The molecule has 0 N–H and O–H groups in total. The van der Waals surface area contributed by atoms with Crippen molar-refractivity contribution < 1.29 is 4.74 Å². The van der Waals surface area contributed by atoms with Crippen molar-refractivity contribution in [3.63, 3.8) is 0 Å². The Hall–Kier alpha value is -3.22. The fourth-order valence-electron chi connectivity index (χ4n) is 2.96. The maximum atomic E-state index is 13.0. The van der Waals surface area contributed by atoms with E-state index in [0.29, 0.717) is 34.8 Å². The van der Waals surface area contributed by atoms with Gasteiger partial charge in [-0.1, -0.05) is 0 Å². The minimum Gasteiger partial charge on any atom is -0.494 e. The number of hydrogen-bond acceptors (Lipinski definition) is 5. The zero-order valence-electron chi connectivity index (χ0n) is 14.2. The highest BCUT2D eigenvalue weighted by atomic mass is 16.5. The van der Waals surface area contributed by atoms with E-state index in [-0.39, 0.29) is 5.56 Å². The van der Waals surface area contributed by atoms with Crippen LogP contribution in [0.25, 0.3) is 22.4 Å². The molecule has 0 atom stereocenters. The van der Waals surface area contributed by atoms with Gasteiger partial charge in [0, 0.05) is 11.9 Å². The monoisotopic (exact) mass is 335 g/mol. The van der Waals surface area contributed by atoms with E-state index in [9.17, 15) is 4.79 Å². The van der Waals surface area contributed by atoms with Crippen LogP contribution in [0.15, 0.2) is 41.3 Å². The minimum atomic E-state index is -0.137. The third kappa shape index (κ3) is 2.44. The predicted molar refractivity (Wildman–Crippen MR) is 94.5 cm³/mol. The highest BCUT2D eigenvalue weighted by Gasteiger charge is 2.14. The SMILES string of the molecule is CCOc1ccc(-n2ccc3c(c(C)nc4nc(C)nn43)c2=O)cc1. The molecule has 1 aromatic carbocycles. The van der Waals surface area contributed by atoms with Crippen molar-refractivity contribution in [2.45, 2.75) is 20.8 Å². The normalized spacial score (nSPS) is 11.3. The third-order valence-corrected chi connectivity index (χ3v) is 4.05. The number of aromatic nitrogens is 5. The first-order chi connectivity index (χ1) is 12.1. The average Bonchev–Trinajstić information content (AvgIpc) is 2.96. The van der Waals surface area contributed by atoms with Gasteiger partial charge in [-0.15, -0.1) is 5.10 Å². The van der Waals surface area contributed by atoms with Crippen LogP contribution in [0.1, 0.15) is 18.4 Å². The highest BCUT2D eigenvalue weighted by Crippen LogP contribution is 2.18. The summed E-state index contributed by atoms with van der Waals surface area (Å²) in [6.07, 6.45) is 1.75. The molecule has 0 saturated carbocycles. The van der Waals surface area contributed by atoms with E-state index < -0.39 is 0 Å². The van der Waals surface area contributed by atoms with Gasteiger partial charge in [-0.05, 0) is 51.1 Å². The molecule has 0 saturated heterocycles. The zero-order valence-corrected chi connectivity index (χ0v) is 14.2. The van der Waals surface area contributed by atoms with E-state index in [4.69, 9.17) is 4.74 Å². The van der Waals surface area contributed by atoms with E-state index in [1.165, 1.54) is 0 Å². The molecule has 7 heteroatoms. The second-order valence-electron chi connectivity index (χ2n) is 5.75. The molecule has 0 aliphatic carbocycles. The van der Waals surface area contributed by atoms with Gasteiger partial charge in [0.2, 0.25) is 0 Å². The summed E-state index contributed by atoms with van der Waals surface area (Å²) in [6.45, 7) is 6.16. The van der Waals surface area contributed by atoms with Crippen molar-refractivity contribution >= 4 is 16.7 Å². The average molecular weight is 335 g/mol. The molecule has 0 fully saturated rings. The van der Waals surface area contributed by atoms with Crippen molar-refractivity contribution in [3.8, 4) is 11.4 Å². The van der Waals surface area contributed by atoms with Crippen molar-refractivity contribution in [2.75, 3.05) is 6.61 Å². The van der Waals surface area contributed by atoms with Crippen LogP contribution >= 0.6 is 0 Å².